The van der Waals surface area contributed by atoms with Gasteiger partial charge in [-0.2, -0.15) is 5.10 Å². The van der Waals surface area contributed by atoms with Crippen molar-refractivity contribution in [2.24, 2.45) is 0 Å². The van der Waals surface area contributed by atoms with Crippen LogP contribution in [-0.4, -0.2) is 57.2 Å². The topological polar surface area (TPSA) is 78.0 Å². The second-order valence-corrected chi connectivity index (χ2v) is 7.11. The van der Waals surface area contributed by atoms with Gasteiger partial charge in [-0.05, 0) is 12.8 Å². The molecule has 0 unspecified atom stereocenters. The Hall–Kier alpha value is -2.15. The second kappa shape index (κ2) is 5.73. The van der Waals surface area contributed by atoms with E-state index in [-0.39, 0.29) is 17.0 Å². The van der Waals surface area contributed by atoms with Crippen molar-refractivity contribution < 1.29 is 4.79 Å². The second-order valence-electron chi connectivity index (χ2n) is 6.70. The van der Waals surface area contributed by atoms with E-state index in [1.165, 1.54) is 31.1 Å². The zero-order chi connectivity index (χ0) is 16.7. The highest BCUT2D eigenvalue weighted by atomic mass is 35.5. The minimum atomic E-state index is -0.143. The number of amides is 1. The third kappa shape index (κ3) is 2.73. The van der Waals surface area contributed by atoms with Gasteiger partial charge in [0.25, 0.3) is 5.91 Å². The zero-order valence-corrected chi connectivity index (χ0v) is 14.3. The molecule has 8 heteroatoms. The Balaban J connectivity index is 1.41. The number of aromatic amines is 1. The average molecular weight is 347 g/mol. The summed E-state index contributed by atoms with van der Waals surface area (Å²) in [6.45, 7) is 4.99. The van der Waals surface area contributed by atoms with Gasteiger partial charge in [0.05, 0.1) is 5.02 Å². The molecular weight excluding hydrogens is 328 g/mol. The Morgan fingerprint density at radius 1 is 1.29 bits per heavy atom. The molecule has 2 aromatic rings. The maximum absolute atomic E-state index is 12.5. The number of hydrogen-bond acceptors (Lipinski definition) is 5. The minimum Gasteiger partial charge on any atom is -0.352 e. The summed E-state index contributed by atoms with van der Waals surface area (Å²) in [6, 6.07) is 2.14. The van der Waals surface area contributed by atoms with Gasteiger partial charge in [-0.1, -0.05) is 18.5 Å². The van der Waals surface area contributed by atoms with Crippen molar-refractivity contribution in [2.75, 3.05) is 31.1 Å². The number of carbonyl (C=O) groups is 1. The van der Waals surface area contributed by atoms with E-state index in [9.17, 15) is 4.79 Å². The van der Waals surface area contributed by atoms with Gasteiger partial charge >= 0.3 is 0 Å². The van der Waals surface area contributed by atoms with Crippen LogP contribution in [0.1, 0.15) is 35.9 Å². The van der Waals surface area contributed by atoms with E-state index >= 15 is 0 Å². The molecule has 1 aliphatic carbocycles. The van der Waals surface area contributed by atoms with Gasteiger partial charge in [0, 0.05) is 49.6 Å². The lowest BCUT2D eigenvalue weighted by atomic mass is 10.1. The van der Waals surface area contributed by atoms with Crippen molar-refractivity contribution in [3.8, 4) is 0 Å². The Kier molecular flexibility index (Phi) is 3.68. The van der Waals surface area contributed by atoms with E-state index in [2.05, 4.69) is 38.1 Å². The number of H-pyrrole nitrogens is 1. The van der Waals surface area contributed by atoms with Crippen LogP contribution in [0, 0.1) is 0 Å². The number of hydrogen-bond donors (Lipinski definition) is 1. The molecule has 1 saturated heterocycles. The molecule has 0 aromatic carbocycles. The van der Waals surface area contributed by atoms with Crippen molar-refractivity contribution in [2.45, 2.75) is 25.2 Å². The molecule has 2 aromatic heterocycles. The molecule has 1 N–H and O–H groups in total. The molecule has 1 amide bonds. The first-order chi connectivity index (χ1) is 11.6. The van der Waals surface area contributed by atoms with Crippen molar-refractivity contribution in [3.05, 3.63) is 35.0 Å². The van der Waals surface area contributed by atoms with E-state index in [1.54, 1.807) is 4.90 Å². The van der Waals surface area contributed by atoms with E-state index in [1.807, 2.05) is 0 Å². The van der Waals surface area contributed by atoms with Gasteiger partial charge in [0.2, 0.25) is 0 Å². The number of anilines is 1. The lowest BCUT2D eigenvalue weighted by Gasteiger charge is -2.34. The van der Waals surface area contributed by atoms with Gasteiger partial charge in [0.1, 0.15) is 12.0 Å². The Labute approximate surface area is 145 Å². The van der Waals surface area contributed by atoms with E-state index in [0.717, 1.165) is 18.9 Å². The molecular formula is C16H19ClN6O. The summed E-state index contributed by atoms with van der Waals surface area (Å²) in [7, 11) is 0. The largest absolute Gasteiger partial charge is 0.352 e. The fourth-order valence-corrected chi connectivity index (χ4v) is 3.18. The molecule has 0 spiro atoms. The Morgan fingerprint density at radius 2 is 2.04 bits per heavy atom. The van der Waals surface area contributed by atoms with Gasteiger partial charge in [0.15, 0.2) is 5.82 Å². The van der Waals surface area contributed by atoms with Crippen molar-refractivity contribution in [3.63, 3.8) is 0 Å². The van der Waals surface area contributed by atoms with Gasteiger partial charge < -0.3 is 9.80 Å². The smallest absolute Gasteiger partial charge is 0.274 e. The molecule has 0 atom stereocenters. The highest BCUT2D eigenvalue weighted by Gasteiger charge is 2.41. The molecule has 2 aliphatic rings. The predicted molar refractivity (Wildman–Crippen MR) is 90.3 cm³/mol. The third-order valence-corrected chi connectivity index (χ3v) is 5.25. The van der Waals surface area contributed by atoms with Gasteiger partial charge in [-0.15, -0.1) is 0 Å². The normalized spacial score (nSPS) is 19.4. The number of piperazine rings is 1. The van der Waals surface area contributed by atoms with Crippen LogP contribution in [0.4, 0.5) is 5.82 Å². The highest BCUT2D eigenvalue weighted by Crippen LogP contribution is 2.47. The summed E-state index contributed by atoms with van der Waals surface area (Å²) in [5.74, 6) is 0.820. The standard InChI is InChI=1S/C16H19ClN6O/c1-16(2-3-16)12-8-13(21-20-12)22-4-6-23(7-5-22)15(24)14-11(17)9-18-10-19-14/h8-10H,2-7H2,1H3,(H,20,21). The molecule has 2 fully saturated rings. The minimum absolute atomic E-state index is 0.143. The number of halogens is 1. The van der Waals surface area contributed by atoms with Crippen LogP contribution in [0.2, 0.25) is 5.02 Å². The van der Waals surface area contributed by atoms with Crippen molar-refractivity contribution in [1.82, 2.24) is 25.1 Å². The molecule has 0 bridgehead atoms. The van der Waals surface area contributed by atoms with Crippen LogP contribution >= 0.6 is 11.6 Å². The quantitative estimate of drug-likeness (QED) is 0.918. The number of nitrogens with one attached hydrogen (secondary N) is 1. The predicted octanol–water partition coefficient (Wildman–Crippen LogP) is 1.87. The summed E-state index contributed by atoms with van der Waals surface area (Å²) >= 11 is 6.02. The molecule has 1 aliphatic heterocycles. The SMILES string of the molecule is CC1(c2cc(N3CCN(C(=O)c4ncncc4Cl)CC3)n[nH]2)CC1. The number of carbonyl (C=O) groups excluding carboxylic acids is 1. The van der Waals surface area contributed by atoms with Crippen LogP contribution in [0.5, 0.6) is 0 Å². The van der Waals surface area contributed by atoms with E-state index in [4.69, 9.17) is 11.6 Å². The summed E-state index contributed by atoms with van der Waals surface area (Å²) in [4.78, 5) is 24.3. The van der Waals surface area contributed by atoms with Crippen LogP contribution < -0.4 is 4.90 Å². The molecule has 1 saturated carbocycles. The summed E-state index contributed by atoms with van der Waals surface area (Å²) in [5.41, 5.74) is 1.76. The molecule has 24 heavy (non-hydrogen) atoms. The number of rotatable bonds is 3. The molecule has 126 valence electrons. The molecule has 7 nitrogen and oxygen atoms in total. The van der Waals surface area contributed by atoms with Crippen LogP contribution in [-0.2, 0) is 5.41 Å². The van der Waals surface area contributed by atoms with Crippen LogP contribution in [0.3, 0.4) is 0 Å². The number of nitrogens with zero attached hydrogens (tertiary/aromatic N) is 5. The van der Waals surface area contributed by atoms with E-state index in [0.29, 0.717) is 18.1 Å². The summed E-state index contributed by atoms with van der Waals surface area (Å²) < 4.78 is 0. The van der Waals surface area contributed by atoms with Crippen molar-refractivity contribution in [1.29, 1.82) is 0 Å². The van der Waals surface area contributed by atoms with Gasteiger partial charge in [-0.25, -0.2) is 9.97 Å². The monoisotopic (exact) mass is 346 g/mol. The maximum atomic E-state index is 12.5. The lowest BCUT2D eigenvalue weighted by Crippen LogP contribution is -2.49. The van der Waals surface area contributed by atoms with Crippen molar-refractivity contribution >= 4 is 23.3 Å². The molecule has 3 heterocycles. The number of aromatic nitrogens is 4. The first kappa shape index (κ1) is 15.4. The fraction of sp³-hybridized carbons (Fsp3) is 0.500. The average Bonchev–Trinajstić information content (AvgIpc) is 3.16. The van der Waals surface area contributed by atoms with Crippen LogP contribution in [0.15, 0.2) is 18.6 Å². The zero-order valence-electron chi connectivity index (χ0n) is 13.5. The third-order valence-electron chi connectivity index (χ3n) is 4.98. The molecule has 4 rings (SSSR count). The Morgan fingerprint density at radius 3 is 2.71 bits per heavy atom. The lowest BCUT2D eigenvalue weighted by molar-refractivity contribution is 0.0740. The first-order valence-corrected chi connectivity index (χ1v) is 8.50. The van der Waals surface area contributed by atoms with E-state index < -0.39 is 0 Å². The summed E-state index contributed by atoms with van der Waals surface area (Å²) in [6.07, 6.45) is 5.23. The Bertz CT molecular complexity index is 763. The van der Waals surface area contributed by atoms with Gasteiger partial charge in [-0.3, -0.25) is 9.89 Å². The molecule has 0 radical (unpaired) electrons. The first-order valence-electron chi connectivity index (χ1n) is 8.12. The highest BCUT2D eigenvalue weighted by molar-refractivity contribution is 6.33. The fourth-order valence-electron chi connectivity index (χ4n) is 3.00. The van der Waals surface area contributed by atoms with Crippen LogP contribution in [0.25, 0.3) is 0 Å². The summed E-state index contributed by atoms with van der Waals surface area (Å²) in [5, 5.41) is 7.90. The maximum Gasteiger partial charge on any atom is 0.274 e.